The smallest absolute Gasteiger partial charge is 0.162 e. The summed E-state index contributed by atoms with van der Waals surface area (Å²) in [6.45, 7) is 7.68. The van der Waals surface area contributed by atoms with E-state index in [-0.39, 0.29) is 17.0 Å². The van der Waals surface area contributed by atoms with E-state index in [1.807, 2.05) is 0 Å². The fraction of sp³-hybridized carbons (Fsp3) is 0.480. The lowest BCUT2D eigenvalue weighted by molar-refractivity contribution is 0.0963. The van der Waals surface area contributed by atoms with Gasteiger partial charge in [0.25, 0.3) is 0 Å². The number of halogens is 1. The minimum absolute atomic E-state index is 0.104. The molecule has 1 fully saturated rings. The monoisotopic (exact) mass is 407 g/mol. The Morgan fingerprint density at radius 2 is 1.93 bits per heavy atom. The molecule has 2 aromatic carbocycles. The lowest BCUT2D eigenvalue weighted by atomic mass is 9.74. The molecule has 3 heterocycles. The summed E-state index contributed by atoms with van der Waals surface area (Å²) in [7, 11) is 2.20. The zero-order valence-corrected chi connectivity index (χ0v) is 17.9. The first kappa shape index (κ1) is 19.6. The van der Waals surface area contributed by atoms with Gasteiger partial charge in [0.15, 0.2) is 5.78 Å². The van der Waals surface area contributed by atoms with Crippen LogP contribution in [0.3, 0.4) is 0 Å². The molecule has 158 valence electrons. The number of carbonyl (C=O) groups excluding carboxylic acids is 1. The Morgan fingerprint density at radius 3 is 2.73 bits per heavy atom. The number of para-hydroxylation sites is 1. The van der Waals surface area contributed by atoms with Gasteiger partial charge in [-0.3, -0.25) is 4.79 Å². The summed E-state index contributed by atoms with van der Waals surface area (Å²) in [4.78, 5) is 20.0. The highest BCUT2D eigenvalue weighted by Crippen LogP contribution is 2.53. The van der Waals surface area contributed by atoms with E-state index >= 15 is 0 Å². The summed E-state index contributed by atoms with van der Waals surface area (Å²) in [6.07, 6.45) is 2.52. The highest BCUT2D eigenvalue weighted by molar-refractivity contribution is 5.95. The van der Waals surface area contributed by atoms with Crippen LogP contribution >= 0.6 is 0 Å². The fourth-order valence-electron chi connectivity index (χ4n) is 5.87. The summed E-state index contributed by atoms with van der Waals surface area (Å²) in [5.41, 5.74) is 5.05. The second-order valence-electron chi connectivity index (χ2n) is 9.32. The molecule has 5 rings (SSSR count). The Balaban J connectivity index is 1.26. The third-order valence-electron chi connectivity index (χ3n) is 7.43. The molecular formula is C25H30FN3O. The van der Waals surface area contributed by atoms with E-state index < -0.39 is 0 Å². The van der Waals surface area contributed by atoms with E-state index in [4.69, 9.17) is 0 Å². The van der Waals surface area contributed by atoms with E-state index in [0.29, 0.717) is 18.0 Å². The highest BCUT2D eigenvalue weighted by Gasteiger charge is 2.52. The van der Waals surface area contributed by atoms with Gasteiger partial charge in [-0.05, 0) is 55.3 Å². The number of rotatable bonds is 5. The van der Waals surface area contributed by atoms with Crippen LogP contribution in [0.2, 0.25) is 0 Å². The highest BCUT2D eigenvalue weighted by atomic mass is 19.1. The molecule has 0 bridgehead atoms. The van der Waals surface area contributed by atoms with Crippen molar-refractivity contribution in [2.24, 2.45) is 0 Å². The molecule has 2 aromatic rings. The van der Waals surface area contributed by atoms with Gasteiger partial charge in [-0.1, -0.05) is 19.1 Å². The van der Waals surface area contributed by atoms with Gasteiger partial charge in [-0.2, -0.15) is 0 Å². The Bertz CT molecular complexity index is 959. The molecule has 0 aliphatic carbocycles. The van der Waals surface area contributed by atoms with Crippen molar-refractivity contribution >= 4 is 17.2 Å². The molecule has 5 heteroatoms. The van der Waals surface area contributed by atoms with Gasteiger partial charge in [0, 0.05) is 56.7 Å². The van der Waals surface area contributed by atoms with Crippen molar-refractivity contribution in [3.63, 3.8) is 0 Å². The number of hydrogen-bond donors (Lipinski definition) is 0. The second-order valence-corrected chi connectivity index (χ2v) is 9.32. The van der Waals surface area contributed by atoms with Crippen LogP contribution in [0.1, 0.15) is 42.1 Å². The number of anilines is 2. The maximum Gasteiger partial charge on any atom is 0.162 e. The lowest BCUT2D eigenvalue weighted by Crippen LogP contribution is -2.56. The Kier molecular flexibility index (Phi) is 4.81. The average Bonchev–Trinajstić information content (AvgIpc) is 3.00. The first-order valence-electron chi connectivity index (χ1n) is 11.1. The zero-order chi connectivity index (χ0) is 20.9. The van der Waals surface area contributed by atoms with Crippen molar-refractivity contribution in [1.29, 1.82) is 0 Å². The van der Waals surface area contributed by atoms with Crippen LogP contribution in [-0.4, -0.2) is 56.5 Å². The predicted octanol–water partition coefficient (Wildman–Crippen LogP) is 4.09. The first-order chi connectivity index (χ1) is 14.5. The minimum atomic E-state index is -0.299. The standard InChI is InChI=1S/C25H30FN3O/c1-25-17-28(13-4-7-22(30)18-8-10-19(26)11-9-18)14-12-23(25)29-16-15-27(2)21-6-3-5-20(25)24(21)29/h3,5-6,8-11,23H,4,7,12-17H2,1-2H3/t23-,25-/m0/s1. The van der Waals surface area contributed by atoms with Crippen molar-refractivity contribution in [2.75, 3.05) is 49.6 Å². The Labute approximate surface area is 178 Å². The molecule has 0 amide bonds. The molecule has 3 aliphatic heterocycles. The van der Waals surface area contributed by atoms with Gasteiger partial charge in [0.1, 0.15) is 5.82 Å². The van der Waals surface area contributed by atoms with E-state index in [1.54, 1.807) is 12.1 Å². The van der Waals surface area contributed by atoms with Crippen LogP contribution in [0, 0.1) is 5.82 Å². The third-order valence-corrected chi connectivity index (χ3v) is 7.43. The molecular weight excluding hydrogens is 377 g/mol. The maximum absolute atomic E-state index is 13.1. The molecule has 4 nitrogen and oxygen atoms in total. The molecule has 3 aliphatic rings. The van der Waals surface area contributed by atoms with Crippen molar-refractivity contribution in [3.8, 4) is 0 Å². The molecule has 0 aromatic heterocycles. The third kappa shape index (κ3) is 3.11. The SMILES string of the molecule is CN1CCN2c3c1cccc3[C@]1(C)CN(CCCC(=O)c3ccc(F)cc3)CC[C@H]21. The number of fused-ring (bicyclic) bond motifs is 3. The summed E-state index contributed by atoms with van der Waals surface area (Å²) in [6, 6.07) is 13.3. The summed E-state index contributed by atoms with van der Waals surface area (Å²) in [5.74, 6) is -0.195. The molecule has 0 saturated carbocycles. The van der Waals surface area contributed by atoms with Gasteiger partial charge < -0.3 is 14.7 Å². The number of carbonyl (C=O) groups is 1. The Morgan fingerprint density at radius 1 is 1.13 bits per heavy atom. The predicted molar refractivity (Wildman–Crippen MR) is 119 cm³/mol. The normalized spacial score (nSPS) is 25.2. The van der Waals surface area contributed by atoms with E-state index in [1.165, 1.54) is 35.5 Å². The van der Waals surface area contributed by atoms with Gasteiger partial charge in [0.05, 0.1) is 11.4 Å². The van der Waals surface area contributed by atoms with Crippen molar-refractivity contribution in [1.82, 2.24) is 4.90 Å². The van der Waals surface area contributed by atoms with Crippen LogP contribution in [-0.2, 0) is 5.41 Å². The molecule has 1 saturated heterocycles. The number of likely N-dealkylation sites (N-methyl/N-ethyl adjacent to an activating group) is 1. The lowest BCUT2D eigenvalue weighted by Gasteiger charge is -2.46. The van der Waals surface area contributed by atoms with Gasteiger partial charge in [0.2, 0.25) is 0 Å². The van der Waals surface area contributed by atoms with Crippen molar-refractivity contribution in [2.45, 2.75) is 37.6 Å². The van der Waals surface area contributed by atoms with Gasteiger partial charge in [-0.25, -0.2) is 4.39 Å². The van der Waals surface area contributed by atoms with Crippen LogP contribution in [0.4, 0.5) is 15.8 Å². The number of likely N-dealkylation sites (tertiary alicyclic amines) is 1. The molecule has 2 atom stereocenters. The van der Waals surface area contributed by atoms with E-state index in [2.05, 4.69) is 46.9 Å². The number of ketones is 1. The van der Waals surface area contributed by atoms with E-state index in [9.17, 15) is 9.18 Å². The van der Waals surface area contributed by atoms with Gasteiger partial charge in [-0.15, -0.1) is 0 Å². The summed E-state index contributed by atoms with van der Waals surface area (Å²) in [5, 5.41) is 0. The number of hydrogen-bond acceptors (Lipinski definition) is 4. The molecule has 0 N–H and O–H groups in total. The number of nitrogens with zero attached hydrogens (tertiary/aromatic N) is 3. The van der Waals surface area contributed by atoms with Crippen LogP contribution < -0.4 is 9.80 Å². The summed E-state index contributed by atoms with van der Waals surface area (Å²) < 4.78 is 13.1. The van der Waals surface area contributed by atoms with Crippen molar-refractivity contribution < 1.29 is 9.18 Å². The quantitative estimate of drug-likeness (QED) is 0.698. The fourth-order valence-corrected chi connectivity index (χ4v) is 5.87. The zero-order valence-electron chi connectivity index (χ0n) is 17.9. The number of Topliss-reactive ketones (excluding diaryl/α,β-unsaturated/α-hetero) is 1. The maximum atomic E-state index is 13.1. The van der Waals surface area contributed by atoms with Crippen LogP contribution in [0.15, 0.2) is 42.5 Å². The number of piperidine rings is 1. The number of benzene rings is 2. The molecule has 30 heavy (non-hydrogen) atoms. The Hall–Kier alpha value is -2.40. The van der Waals surface area contributed by atoms with E-state index in [0.717, 1.165) is 39.1 Å². The van der Waals surface area contributed by atoms with Crippen LogP contribution in [0.25, 0.3) is 0 Å². The average molecular weight is 408 g/mol. The summed E-state index contributed by atoms with van der Waals surface area (Å²) >= 11 is 0. The van der Waals surface area contributed by atoms with Crippen molar-refractivity contribution in [3.05, 3.63) is 59.4 Å². The largest absolute Gasteiger partial charge is 0.371 e. The van der Waals surface area contributed by atoms with Crippen LogP contribution in [0.5, 0.6) is 0 Å². The topological polar surface area (TPSA) is 26.8 Å². The molecule has 0 spiro atoms. The van der Waals surface area contributed by atoms with Gasteiger partial charge >= 0.3 is 0 Å². The second kappa shape index (κ2) is 7.38. The molecule has 0 radical (unpaired) electrons. The molecule has 0 unspecified atom stereocenters. The minimum Gasteiger partial charge on any atom is -0.371 e. The first-order valence-corrected chi connectivity index (χ1v) is 11.1.